The van der Waals surface area contributed by atoms with Crippen LogP contribution in [0.15, 0.2) is 30.3 Å². The zero-order chi connectivity index (χ0) is 24.8. The van der Waals surface area contributed by atoms with Gasteiger partial charge in [-0.25, -0.2) is 4.98 Å². The number of pyridine rings is 1. The number of aromatic nitrogens is 1. The maximum atomic E-state index is 13.0. The molecule has 7 nitrogen and oxygen atoms in total. The van der Waals surface area contributed by atoms with Crippen LogP contribution in [0.2, 0.25) is 0 Å². The third-order valence-electron chi connectivity index (χ3n) is 7.14. The van der Waals surface area contributed by atoms with Gasteiger partial charge >= 0.3 is 12.1 Å². The average molecular weight is 489 g/mol. The van der Waals surface area contributed by atoms with E-state index < -0.39 is 30.5 Å². The second kappa shape index (κ2) is 8.73. The fourth-order valence-electron chi connectivity index (χ4n) is 5.09. The van der Waals surface area contributed by atoms with E-state index in [0.717, 1.165) is 24.5 Å². The topological polar surface area (TPSA) is 91.8 Å². The highest BCUT2D eigenvalue weighted by Gasteiger charge is 2.47. The number of rotatable bonds is 6. The molecule has 3 aliphatic rings. The van der Waals surface area contributed by atoms with Gasteiger partial charge in [0, 0.05) is 36.2 Å². The number of hydrogen-bond donors (Lipinski definition) is 2. The molecule has 0 saturated heterocycles. The Bertz CT molecular complexity index is 1160. The summed E-state index contributed by atoms with van der Waals surface area (Å²) in [4.78, 5) is 29.3. The van der Waals surface area contributed by atoms with Crippen LogP contribution in [-0.2, 0) is 34.4 Å². The first-order valence-corrected chi connectivity index (χ1v) is 11.7. The van der Waals surface area contributed by atoms with Gasteiger partial charge in [-0.05, 0) is 55.0 Å². The molecule has 1 saturated carbocycles. The van der Waals surface area contributed by atoms with Crippen LogP contribution in [0.1, 0.15) is 41.6 Å². The van der Waals surface area contributed by atoms with Gasteiger partial charge < -0.3 is 20.1 Å². The lowest BCUT2D eigenvalue weighted by atomic mass is 9.90. The van der Waals surface area contributed by atoms with Crippen molar-refractivity contribution < 1.29 is 32.6 Å². The number of halogens is 3. The minimum atomic E-state index is -4.63. The first kappa shape index (κ1) is 23.4. The zero-order valence-electron chi connectivity index (χ0n) is 19.0. The minimum Gasteiger partial charge on any atom is -0.493 e. The van der Waals surface area contributed by atoms with E-state index in [-0.39, 0.29) is 13.0 Å². The van der Waals surface area contributed by atoms with E-state index in [4.69, 9.17) is 9.72 Å². The Labute approximate surface area is 200 Å². The van der Waals surface area contributed by atoms with Crippen LogP contribution in [-0.4, -0.2) is 52.7 Å². The number of benzene rings is 1. The van der Waals surface area contributed by atoms with Crippen molar-refractivity contribution >= 4 is 17.7 Å². The third kappa shape index (κ3) is 4.92. The number of carbonyl (C=O) groups excluding carboxylic acids is 1. The SMILES string of the molecule is O=C(O)[C@@H]1Cc2ccc(OCCc3ccc4c(n3)NCCC43CC3)cc2CN(CC(F)(F)F)C1=O. The molecule has 1 amide bonds. The molecule has 2 aromatic rings. The maximum Gasteiger partial charge on any atom is 0.406 e. The molecule has 0 radical (unpaired) electrons. The molecule has 0 unspecified atom stereocenters. The largest absolute Gasteiger partial charge is 0.493 e. The molecular weight excluding hydrogens is 463 g/mol. The highest BCUT2D eigenvalue weighted by atomic mass is 19.4. The molecule has 1 aromatic heterocycles. The van der Waals surface area contributed by atoms with Gasteiger partial charge in [0.25, 0.3) is 0 Å². The number of amides is 1. The van der Waals surface area contributed by atoms with E-state index in [9.17, 15) is 27.9 Å². The Balaban J connectivity index is 1.27. The van der Waals surface area contributed by atoms with Crippen LogP contribution in [0, 0.1) is 5.92 Å². The number of nitrogens with zero attached hydrogens (tertiary/aromatic N) is 2. The smallest absolute Gasteiger partial charge is 0.406 e. The van der Waals surface area contributed by atoms with Crippen LogP contribution in [0.4, 0.5) is 19.0 Å². The van der Waals surface area contributed by atoms with Crippen LogP contribution in [0.5, 0.6) is 5.75 Å². The molecule has 1 spiro atoms. The number of ether oxygens (including phenoxy) is 1. The molecule has 10 heteroatoms. The lowest BCUT2D eigenvalue weighted by molar-refractivity contribution is -0.168. The highest BCUT2D eigenvalue weighted by Crippen LogP contribution is 2.54. The number of carbonyl (C=O) groups is 2. The van der Waals surface area contributed by atoms with Crippen molar-refractivity contribution in [2.75, 3.05) is 25.0 Å². The molecule has 1 atom stereocenters. The molecule has 3 heterocycles. The predicted molar refractivity (Wildman–Crippen MR) is 120 cm³/mol. The lowest BCUT2D eigenvalue weighted by Gasteiger charge is -2.26. The monoisotopic (exact) mass is 489 g/mol. The van der Waals surface area contributed by atoms with Gasteiger partial charge in [-0.3, -0.25) is 9.59 Å². The van der Waals surface area contributed by atoms with E-state index in [0.29, 0.717) is 40.2 Å². The van der Waals surface area contributed by atoms with Crippen molar-refractivity contribution in [2.24, 2.45) is 5.92 Å². The van der Waals surface area contributed by atoms with E-state index in [1.54, 1.807) is 18.2 Å². The van der Waals surface area contributed by atoms with Crippen molar-refractivity contribution in [1.82, 2.24) is 9.88 Å². The molecule has 2 aliphatic heterocycles. The van der Waals surface area contributed by atoms with Crippen LogP contribution >= 0.6 is 0 Å². The van der Waals surface area contributed by atoms with Crippen LogP contribution in [0.3, 0.4) is 0 Å². The number of fused-ring (bicyclic) bond motifs is 3. The van der Waals surface area contributed by atoms with Gasteiger partial charge in [0.1, 0.15) is 24.0 Å². The summed E-state index contributed by atoms with van der Waals surface area (Å²) in [5.41, 5.74) is 3.46. The Kier molecular flexibility index (Phi) is 5.85. The van der Waals surface area contributed by atoms with Crippen molar-refractivity contribution in [3.8, 4) is 5.75 Å². The van der Waals surface area contributed by atoms with Crippen molar-refractivity contribution in [3.05, 3.63) is 52.7 Å². The molecule has 1 aliphatic carbocycles. The quantitative estimate of drug-likeness (QED) is 0.602. The van der Waals surface area contributed by atoms with Gasteiger partial charge in [0.15, 0.2) is 0 Å². The summed E-state index contributed by atoms with van der Waals surface area (Å²) in [6, 6.07) is 9.03. The number of anilines is 1. The number of nitrogens with one attached hydrogen (secondary N) is 1. The maximum absolute atomic E-state index is 13.0. The van der Waals surface area contributed by atoms with Gasteiger partial charge in [-0.1, -0.05) is 12.1 Å². The summed E-state index contributed by atoms with van der Waals surface area (Å²) in [5, 5.41) is 12.8. The molecule has 186 valence electrons. The molecule has 35 heavy (non-hydrogen) atoms. The van der Waals surface area contributed by atoms with E-state index in [1.165, 1.54) is 18.4 Å². The molecular formula is C25H26F3N3O4. The van der Waals surface area contributed by atoms with Gasteiger partial charge in [-0.15, -0.1) is 0 Å². The summed E-state index contributed by atoms with van der Waals surface area (Å²) in [7, 11) is 0. The Morgan fingerprint density at radius 3 is 2.71 bits per heavy atom. The second-order valence-corrected chi connectivity index (χ2v) is 9.59. The molecule has 0 bridgehead atoms. The standard InChI is InChI=1S/C25H26F3N3O4/c26-25(27,28)14-31-13-16-11-18(3-1-15(16)12-19(22(31)32)23(33)34)35-10-5-17-2-4-20-21(30-17)29-9-8-24(20)6-7-24/h1-4,11,19H,5-10,12-14H2,(H,29,30)(H,33,34)/t19-/m1/s1. The molecule has 1 fully saturated rings. The number of carboxylic acids is 1. The lowest BCUT2D eigenvalue weighted by Crippen LogP contribution is -2.43. The first-order chi connectivity index (χ1) is 16.6. The van der Waals surface area contributed by atoms with E-state index >= 15 is 0 Å². The third-order valence-corrected chi connectivity index (χ3v) is 7.14. The second-order valence-electron chi connectivity index (χ2n) is 9.59. The van der Waals surface area contributed by atoms with Crippen LogP contribution < -0.4 is 10.1 Å². The van der Waals surface area contributed by atoms with Gasteiger partial charge in [-0.2, -0.15) is 13.2 Å². The summed E-state index contributed by atoms with van der Waals surface area (Å²) in [5.74, 6) is -2.63. The van der Waals surface area contributed by atoms with Crippen molar-refractivity contribution in [3.63, 3.8) is 0 Å². The van der Waals surface area contributed by atoms with Crippen molar-refractivity contribution in [2.45, 2.75) is 50.2 Å². The normalized spacial score (nSPS) is 20.5. The van der Waals surface area contributed by atoms with E-state index in [1.807, 2.05) is 6.07 Å². The summed E-state index contributed by atoms with van der Waals surface area (Å²) in [6.07, 6.45) is -0.675. The number of hydrogen-bond acceptors (Lipinski definition) is 5. The predicted octanol–water partition coefficient (Wildman–Crippen LogP) is 3.70. The van der Waals surface area contributed by atoms with Crippen LogP contribution in [0.25, 0.3) is 0 Å². The van der Waals surface area contributed by atoms with Crippen molar-refractivity contribution in [1.29, 1.82) is 0 Å². The molecule has 2 N–H and O–H groups in total. The molecule has 5 rings (SSSR count). The Hall–Kier alpha value is -3.30. The molecule has 1 aromatic carbocycles. The summed E-state index contributed by atoms with van der Waals surface area (Å²) >= 11 is 0. The highest BCUT2D eigenvalue weighted by molar-refractivity contribution is 5.97. The number of aliphatic carboxylic acids is 1. The fraction of sp³-hybridized carbons (Fsp3) is 0.480. The van der Waals surface area contributed by atoms with Gasteiger partial charge in [0.2, 0.25) is 5.91 Å². The van der Waals surface area contributed by atoms with E-state index in [2.05, 4.69) is 11.4 Å². The zero-order valence-corrected chi connectivity index (χ0v) is 19.0. The first-order valence-electron chi connectivity index (χ1n) is 11.7. The summed E-state index contributed by atoms with van der Waals surface area (Å²) < 4.78 is 44.9. The Morgan fingerprint density at radius 1 is 1.20 bits per heavy atom. The summed E-state index contributed by atoms with van der Waals surface area (Å²) in [6.45, 7) is -0.585. The fourth-order valence-corrected chi connectivity index (χ4v) is 5.09. The van der Waals surface area contributed by atoms with Gasteiger partial charge in [0.05, 0.1) is 6.61 Å². The minimum absolute atomic E-state index is 0.161. The number of carboxylic acid groups (broad SMARTS) is 1. The average Bonchev–Trinajstić information content (AvgIpc) is 3.57. The number of alkyl halides is 3. The Morgan fingerprint density at radius 2 is 2.00 bits per heavy atom.